The van der Waals surface area contributed by atoms with Crippen LogP contribution in [0.25, 0.3) is 6.08 Å². The molecule has 0 aromatic heterocycles. The topological polar surface area (TPSA) is 76.7 Å². The average Bonchev–Trinajstić information content (AvgIpc) is 2.69. The Morgan fingerprint density at radius 1 is 0.900 bits per heavy atom. The number of carbonyl (C=O) groups excluding carboxylic acids is 2. The molecule has 6 nitrogen and oxygen atoms in total. The smallest absolute Gasteiger partial charge is 0.248 e. The Labute approximate surface area is 178 Å². The van der Waals surface area contributed by atoms with Crippen molar-refractivity contribution in [3.63, 3.8) is 0 Å². The van der Waals surface area contributed by atoms with Crippen molar-refractivity contribution >= 4 is 29.3 Å². The highest BCUT2D eigenvalue weighted by molar-refractivity contribution is 6.02. The fourth-order valence-corrected chi connectivity index (χ4v) is 2.75. The van der Waals surface area contributed by atoms with Gasteiger partial charge in [0.25, 0.3) is 0 Å². The fourth-order valence-electron chi connectivity index (χ4n) is 2.75. The maximum atomic E-state index is 12.2. The number of ether oxygens (including phenoxy) is 2. The summed E-state index contributed by atoms with van der Waals surface area (Å²) in [5.41, 5.74) is 2.18. The first-order valence-electron chi connectivity index (χ1n) is 10.2. The van der Waals surface area contributed by atoms with Crippen molar-refractivity contribution in [2.24, 2.45) is 5.92 Å². The van der Waals surface area contributed by atoms with Gasteiger partial charge in [0.1, 0.15) is 0 Å². The summed E-state index contributed by atoms with van der Waals surface area (Å²) < 4.78 is 11.1. The van der Waals surface area contributed by atoms with Crippen molar-refractivity contribution in [3.8, 4) is 11.5 Å². The maximum Gasteiger partial charge on any atom is 0.248 e. The largest absolute Gasteiger partial charge is 0.490 e. The Balaban J connectivity index is 1.95. The van der Waals surface area contributed by atoms with Gasteiger partial charge in [-0.1, -0.05) is 19.9 Å². The van der Waals surface area contributed by atoms with E-state index >= 15 is 0 Å². The highest BCUT2D eigenvalue weighted by Gasteiger charge is 2.07. The zero-order valence-electron chi connectivity index (χ0n) is 18.0. The molecule has 0 unspecified atom stereocenters. The predicted octanol–water partition coefficient (Wildman–Crippen LogP) is 5.12. The molecule has 0 saturated carbocycles. The molecule has 2 aromatic rings. The van der Waals surface area contributed by atoms with Crippen molar-refractivity contribution in [2.75, 3.05) is 23.8 Å². The van der Waals surface area contributed by atoms with Crippen LogP contribution in [0, 0.1) is 5.92 Å². The van der Waals surface area contributed by atoms with E-state index in [0.29, 0.717) is 48.4 Å². The Morgan fingerprint density at radius 2 is 1.50 bits per heavy atom. The molecule has 0 spiro atoms. The van der Waals surface area contributed by atoms with Gasteiger partial charge in [-0.2, -0.15) is 0 Å². The number of anilines is 2. The Kier molecular flexibility index (Phi) is 8.94. The standard InChI is InChI=1S/C24H30N2O4/c1-5-29-21-13-7-18(16-22(21)30-6-2)8-14-23(27)25-19-9-11-20(12-10-19)26-24(28)15-17(3)4/h7-14,16-17H,5-6,15H2,1-4H3,(H,25,27)(H,26,28)/b14-8+. The molecule has 0 bridgehead atoms. The first-order valence-corrected chi connectivity index (χ1v) is 10.2. The molecule has 30 heavy (non-hydrogen) atoms. The molecular formula is C24H30N2O4. The number of rotatable bonds is 10. The van der Waals surface area contributed by atoms with Crippen LogP contribution in [0.1, 0.15) is 39.7 Å². The Hall–Kier alpha value is -3.28. The van der Waals surface area contributed by atoms with E-state index in [1.165, 1.54) is 6.08 Å². The minimum absolute atomic E-state index is 0.0218. The Bertz CT molecular complexity index is 873. The van der Waals surface area contributed by atoms with Crippen LogP contribution in [-0.4, -0.2) is 25.0 Å². The highest BCUT2D eigenvalue weighted by Crippen LogP contribution is 2.29. The quantitative estimate of drug-likeness (QED) is 0.533. The first-order chi connectivity index (χ1) is 14.4. The van der Waals surface area contributed by atoms with Gasteiger partial charge in [0.15, 0.2) is 11.5 Å². The molecule has 2 N–H and O–H groups in total. The van der Waals surface area contributed by atoms with Gasteiger partial charge in [-0.05, 0) is 67.8 Å². The van der Waals surface area contributed by atoms with Gasteiger partial charge in [-0.15, -0.1) is 0 Å². The predicted molar refractivity (Wildman–Crippen MR) is 121 cm³/mol. The summed E-state index contributed by atoms with van der Waals surface area (Å²) in [6.07, 6.45) is 3.65. The third kappa shape index (κ3) is 7.62. The molecule has 6 heteroatoms. The first kappa shape index (κ1) is 23.0. The SMILES string of the molecule is CCOc1ccc(/C=C/C(=O)Nc2ccc(NC(=O)CC(C)C)cc2)cc1OCC. The third-order valence-corrected chi connectivity index (χ3v) is 4.02. The van der Waals surface area contributed by atoms with Crippen molar-refractivity contribution < 1.29 is 19.1 Å². The number of nitrogens with one attached hydrogen (secondary N) is 2. The lowest BCUT2D eigenvalue weighted by atomic mass is 10.1. The van der Waals surface area contributed by atoms with Crippen molar-refractivity contribution in [3.05, 3.63) is 54.1 Å². The zero-order valence-corrected chi connectivity index (χ0v) is 18.0. The average molecular weight is 411 g/mol. The highest BCUT2D eigenvalue weighted by atomic mass is 16.5. The van der Waals surface area contributed by atoms with E-state index < -0.39 is 0 Å². The van der Waals surface area contributed by atoms with Crippen molar-refractivity contribution in [2.45, 2.75) is 34.1 Å². The molecule has 0 radical (unpaired) electrons. The molecule has 160 valence electrons. The van der Waals surface area contributed by atoms with Crippen molar-refractivity contribution in [1.29, 1.82) is 0 Å². The van der Waals surface area contributed by atoms with Gasteiger partial charge < -0.3 is 20.1 Å². The number of amides is 2. The summed E-state index contributed by atoms with van der Waals surface area (Å²) in [5.74, 6) is 1.36. The summed E-state index contributed by atoms with van der Waals surface area (Å²) in [4.78, 5) is 24.0. The third-order valence-electron chi connectivity index (χ3n) is 4.02. The molecule has 0 aliphatic heterocycles. The van der Waals surface area contributed by atoms with Gasteiger partial charge in [0.05, 0.1) is 13.2 Å². The van der Waals surface area contributed by atoms with Crippen LogP contribution in [0.4, 0.5) is 11.4 Å². The van der Waals surface area contributed by atoms with E-state index in [-0.39, 0.29) is 11.8 Å². The summed E-state index contributed by atoms with van der Waals surface area (Å²) in [6, 6.07) is 12.6. The Morgan fingerprint density at radius 3 is 2.10 bits per heavy atom. The summed E-state index contributed by atoms with van der Waals surface area (Å²) in [7, 11) is 0. The second kappa shape index (κ2) is 11.7. The van der Waals surface area contributed by atoms with Gasteiger partial charge in [0.2, 0.25) is 11.8 Å². The van der Waals surface area contributed by atoms with Gasteiger partial charge >= 0.3 is 0 Å². The number of carbonyl (C=O) groups is 2. The molecule has 2 rings (SSSR count). The molecule has 0 aliphatic rings. The molecule has 0 atom stereocenters. The van der Waals surface area contributed by atoms with Crippen LogP contribution < -0.4 is 20.1 Å². The zero-order chi connectivity index (χ0) is 21.9. The number of hydrogen-bond donors (Lipinski definition) is 2. The lowest BCUT2D eigenvalue weighted by Gasteiger charge is -2.11. The number of benzene rings is 2. The van der Waals surface area contributed by atoms with E-state index in [9.17, 15) is 9.59 Å². The van der Waals surface area contributed by atoms with Crippen LogP contribution in [0.5, 0.6) is 11.5 Å². The van der Waals surface area contributed by atoms with Crippen LogP contribution in [0.15, 0.2) is 48.5 Å². The normalized spacial score (nSPS) is 10.8. The molecule has 0 heterocycles. The lowest BCUT2D eigenvalue weighted by Crippen LogP contribution is -2.14. The van der Waals surface area contributed by atoms with Gasteiger partial charge in [-0.3, -0.25) is 9.59 Å². The van der Waals surface area contributed by atoms with E-state index in [1.54, 1.807) is 30.3 Å². The molecule has 0 fully saturated rings. The summed E-state index contributed by atoms with van der Waals surface area (Å²) in [5, 5.41) is 5.64. The van der Waals surface area contributed by atoms with E-state index in [2.05, 4.69) is 10.6 Å². The van der Waals surface area contributed by atoms with Crippen LogP contribution in [0.2, 0.25) is 0 Å². The molecule has 2 aromatic carbocycles. The molecule has 0 aliphatic carbocycles. The fraction of sp³-hybridized carbons (Fsp3) is 0.333. The van der Waals surface area contributed by atoms with Gasteiger partial charge in [-0.25, -0.2) is 0 Å². The summed E-state index contributed by atoms with van der Waals surface area (Å²) >= 11 is 0. The monoisotopic (exact) mass is 410 g/mol. The lowest BCUT2D eigenvalue weighted by molar-refractivity contribution is -0.117. The van der Waals surface area contributed by atoms with Crippen molar-refractivity contribution in [1.82, 2.24) is 0 Å². The maximum absolute atomic E-state index is 12.2. The molecule has 2 amide bonds. The van der Waals surface area contributed by atoms with Crippen LogP contribution in [0.3, 0.4) is 0 Å². The second-order valence-corrected chi connectivity index (χ2v) is 7.12. The van der Waals surface area contributed by atoms with E-state index in [1.807, 2.05) is 45.9 Å². The van der Waals surface area contributed by atoms with Gasteiger partial charge in [0, 0.05) is 23.9 Å². The summed E-state index contributed by atoms with van der Waals surface area (Å²) in [6.45, 7) is 8.90. The minimum atomic E-state index is -0.251. The van der Waals surface area contributed by atoms with E-state index in [0.717, 1.165) is 5.56 Å². The van der Waals surface area contributed by atoms with Crippen LogP contribution >= 0.6 is 0 Å². The molecular weight excluding hydrogens is 380 g/mol. The van der Waals surface area contributed by atoms with Crippen LogP contribution in [-0.2, 0) is 9.59 Å². The molecule has 0 saturated heterocycles. The minimum Gasteiger partial charge on any atom is -0.490 e. The second-order valence-electron chi connectivity index (χ2n) is 7.12. The van der Waals surface area contributed by atoms with E-state index in [4.69, 9.17) is 9.47 Å². The number of hydrogen-bond acceptors (Lipinski definition) is 4.